The van der Waals surface area contributed by atoms with Crippen LogP contribution in [0.15, 0.2) is 53.6 Å². The molecule has 0 radical (unpaired) electrons. The average molecular weight is 354 g/mol. The van der Waals surface area contributed by atoms with Crippen LogP contribution < -0.4 is 9.47 Å². The van der Waals surface area contributed by atoms with Crippen LogP contribution in [0.2, 0.25) is 0 Å². The van der Waals surface area contributed by atoms with Gasteiger partial charge in [0.25, 0.3) is 0 Å². The van der Waals surface area contributed by atoms with Crippen LogP contribution in [0.4, 0.5) is 0 Å². The summed E-state index contributed by atoms with van der Waals surface area (Å²) in [5.41, 5.74) is 3.44. The number of nitrogens with zero attached hydrogens (tertiary/aromatic N) is 2. The SMILES string of the molecule is COc1cccc(C2=NN3C(CCSC)Oc4ccccc4C3C2)c1. The Balaban J connectivity index is 1.68. The van der Waals surface area contributed by atoms with E-state index >= 15 is 0 Å². The van der Waals surface area contributed by atoms with Gasteiger partial charge in [0.2, 0.25) is 0 Å². The fourth-order valence-electron chi connectivity index (χ4n) is 3.50. The topological polar surface area (TPSA) is 34.1 Å². The van der Waals surface area contributed by atoms with E-state index in [1.165, 1.54) is 5.56 Å². The van der Waals surface area contributed by atoms with Crippen molar-refractivity contribution >= 4 is 17.5 Å². The van der Waals surface area contributed by atoms with E-state index in [0.717, 1.165) is 41.4 Å². The molecule has 0 aliphatic carbocycles. The Bertz CT molecular complexity index is 793. The van der Waals surface area contributed by atoms with E-state index in [1.54, 1.807) is 7.11 Å². The summed E-state index contributed by atoms with van der Waals surface area (Å²) in [6.07, 6.45) is 3.98. The minimum absolute atomic E-state index is 0.00421. The monoisotopic (exact) mass is 354 g/mol. The van der Waals surface area contributed by atoms with Gasteiger partial charge in [-0.3, -0.25) is 5.01 Å². The Morgan fingerprint density at radius 1 is 1.24 bits per heavy atom. The van der Waals surface area contributed by atoms with Crippen molar-refractivity contribution in [3.05, 3.63) is 59.7 Å². The third-order valence-corrected chi connectivity index (χ3v) is 5.39. The number of rotatable bonds is 5. The summed E-state index contributed by atoms with van der Waals surface area (Å²) in [6.45, 7) is 0. The molecule has 0 N–H and O–H groups in total. The molecule has 0 aromatic heterocycles. The second kappa shape index (κ2) is 7.00. The molecule has 0 fully saturated rings. The summed E-state index contributed by atoms with van der Waals surface area (Å²) in [4.78, 5) is 0. The molecule has 0 spiro atoms. The third-order valence-electron chi connectivity index (χ3n) is 4.75. The molecule has 2 heterocycles. The first-order valence-corrected chi connectivity index (χ1v) is 9.94. The number of methoxy groups -OCH3 is 1. The highest BCUT2D eigenvalue weighted by molar-refractivity contribution is 7.98. The molecule has 5 heteroatoms. The fraction of sp³-hybridized carbons (Fsp3) is 0.350. The molecule has 2 aliphatic rings. The van der Waals surface area contributed by atoms with Gasteiger partial charge < -0.3 is 9.47 Å². The lowest BCUT2D eigenvalue weighted by Crippen LogP contribution is -2.40. The van der Waals surface area contributed by atoms with Gasteiger partial charge in [0.1, 0.15) is 11.5 Å². The largest absolute Gasteiger partial charge is 0.497 e. The van der Waals surface area contributed by atoms with E-state index in [0.29, 0.717) is 0 Å². The number of thioether (sulfide) groups is 1. The van der Waals surface area contributed by atoms with Gasteiger partial charge in [-0.2, -0.15) is 16.9 Å². The summed E-state index contributed by atoms with van der Waals surface area (Å²) >= 11 is 1.84. The Labute approximate surface area is 152 Å². The molecule has 0 bridgehead atoms. The molecular formula is C20H22N2O2S. The number of para-hydroxylation sites is 1. The van der Waals surface area contributed by atoms with Crippen LogP contribution in [0.25, 0.3) is 0 Å². The zero-order chi connectivity index (χ0) is 17.2. The predicted octanol–water partition coefficient (Wildman–Crippen LogP) is 4.32. The molecule has 2 aromatic rings. The zero-order valence-electron chi connectivity index (χ0n) is 14.5. The molecule has 2 aliphatic heterocycles. The molecule has 2 atom stereocenters. The Morgan fingerprint density at radius 2 is 2.12 bits per heavy atom. The lowest BCUT2D eigenvalue weighted by molar-refractivity contribution is -0.0180. The van der Waals surface area contributed by atoms with Crippen LogP contribution in [0.1, 0.15) is 30.0 Å². The second-order valence-corrected chi connectivity index (χ2v) is 7.26. The third kappa shape index (κ3) is 3.09. The predicted molar refractivity (Wildman–Crippen MR) is 103 cm³/mol. The van der Waals surface area contributed by atoms with E-state index in [-0.39, 0.29) is 12.3 Å². The normalized spacial score (nSPS) is 21.2. The molecule has 0 saturated carbocycles. The van der Waals surface area contributed by atoms with Crippen molar-refractivity contribution in [2.24, 2.45) is 5.10 Å². The zero-order valence-corrected chi connectivity index (χ0v) is 15.3. The van der Waals surface area contributed by atoms with Gasteiger partial charge in [0.15, 0.2) is 6.23 Å². The highest BCUT2D eigenvalue weighted by Crippen LogP contribution is 2.43. The maximum absolute atomic E-state index is 6.26. The molecule has 2 aromatic carbocycles. The highest BCUT2D eigenvalue weighted by Gasteiger charge is 2.39. The summed E-state index contributed by atoms with van der Waals surface area (Å²) < 4.78 is 11.6. The molecule has 2 unspecified atom stereocenters. The molecule has 4 nitrogen and oxygen atoms in total. The van der Waals surface area contributed by atoms with Gasteiger partial charge in [-0.25, -0.2) is 0 Å². The molecule has 130 valence electrons. The second-order valence-electron chi connectivity index (χ2n) is 6.27. The molecule has 4 rings (SSSR count). The minimum atomic E-state index is -0.00421. The Kier molecular flexibility index (Phi) is 4.57. The van der Waals surface area contributed by atoms with Gasteiger partial charge in [-0.05, 0) is 30.2 Å². The number of ether oxygens (including phenoxy) is 2. The van der Waals surface area contributed by atoms with E-state index in [4.69, 9.17) is 14.6 Å². The van der Waals surface area contributed by atoms with Crippen molar-refractivity contribution < 1.29 is 9.47 Å². The molecule has 0 amide bonds. The summed E-state index contributed by atoms with van der Waals surface area (Å²) in [7, 11) is 1.70. The first-order chi connectivity index (χ1) is 12.3. The van der Waals surface area contributed by atoms with Crippen molar-refractivity contribution in [2.75, 3.05) is 19.1 Å². The van der Waals surface area contributed by atoms with Crippen molar-refractivity contribution in [3.8, 4) is 11.5 Å². The average Bonchev–Trinajstić information content (AvgIpc) is 3.12. The van der Waals surface area contributed by atoms with E-state index in [9.17, 15) is 0 Å². The molecule has 25 heavy (non-hydrogen) atoms. The van der Waals surface area contributed by atoms with Gasteiger partial charge in [-0.1, -0.05) is 30.3 Å². The fourth-order valence-corrected chi connectivity index (χ4v) is 3.93. The number of fused-ring (bicyclic) bond motifs is 3. The van der Waals surface area contributed by atoms with Crippen LogP contribution in [0, 0.1) is 0 Å². The van der Waals surface area contributed by atoms with E-state index < -0.39 is 0 Å². The Morgan fingerprint density at radius 3 is 2.96 bits per heavy atom. The van der Waals surface area contributed by atoms with Crippen LogP contribution in [-0.2, 0) is 0 Å². The molecule has 0 saturated heterocycles. The van der Waals surface area contributed by atoms with Crippen molar-refractivity contribution in [3.63, 3.8) is 0 Å². The standard InChI is InChI=1S/C20H22N2O2S/c1-23-15-7-5-6-14(12-15)17-13-18-16-8-3-4-9-19(16)24-20(10-11-25-2)22(18)21-17/h3-9,12,18,20H,10-11,13H2,1-2H3. The minimum Gasteiger partial charge on any atom is -0.497 e. The van der Waals surface area contributed by atoms with Crippen LogP contribution in [0.5, 0.6) is 11.5 Å². The first-order valence-electron chi connectivity index (χ1n) is 8.55. The van der Waals surface area contributed by atoms with Crippen molar-refractivity contribution in [2.45, 2.75) is 25.1 Å². The maximum Gasteiger partial charge on any atom is 0.188 e. The van der Waals surface area contributed by atoms with Gasteiger partial charge >= 0.3 is 0 Å². The summed E-state index contributed by atoms with van der Waals surface area (Å²) in [5.74, 6) is 2.91. The summed E-state index contributed by atoms with van der Waals surface area (Å²) in [6, 6.07) is 16.7. The number of benzene rings is 2. The summed E-state index contributed by atoms with van der Waals surface area (Å²) in [5, 5.41) is 7.11. The van der Waals surface area contributed by atoms with Gasteiger partial charge in [-0.15, -0.1) is 0 Å². The number of hydrogen-bond donors (Lipinski definition) is 0. The lowest BCUT2D eigenvalue weighted by atomic mass is 9.96. The van der Waals surface area contributed by atoms with E-state index in [1.807, 2.05) is 30.0 Å². The van der Waals surface area contributed by atoms with Crippen molar-refractivity contribution in [1.82, 2.24) is 5.01 Å². The first kappa shape index (κ1) is 16.3. The Hall–Kier alpha value is -2.14. The van der Waals surface area contributed by atoms with Crippen molar-refractivity contribution in [1.29, 1.82) is 0 Å². The van der Waals surface area contributed by atoms with Crippen LogP contribution in [0.3, 0.4) is 0 Å². The smallest absolute Gasteiger partial charge is 0.188 e. The van der Waals surface area contributed by atoms with Crippen LogP contribution >= 0.6 is 11.8 Å². The lowest BCUT2D eigenvalue weighted by Gasteiger charge is -2.38. The van der Waals surface area contributed by atoms with Crippen LogP contribution in [-0.4, -0.2) is 36.1 Å². The van der Waals surface area contributed by atoms with E-state index in [2.05, 4.69) is 41.6 Å². The highest BCUT2D eigenvalue weighted by atomic mass is 32.2. The molecular weight excluding hydrogens is 332 g/mol. The van der Waals surface area contributed by atoms with Gasteiger partial charge in [0, 0.05) is 24.0 Å². The van der Waals surface area contributed by atoms with Gasteiger partial charge in [0.05, 0.1) is 18.9 Å². The quantitative estimate of drug-likeness (QED) is 0.801. The number of hydrazone groups is 1. The number of hydrogen-bond acceptors (Lipinski definition) is 5. The maximum atomic E-state index is 6.26.